The number of Topliss-reactive ketones (excluding diaryl/α,β-unsaturated/α-hetero) is 1. The molecule has 31 heavy (non-hydrogen) atoms. The van der Waals surface area contributed by atoms with E-state index in [0.29, 0.717) is 28.0 Å². The maximum Gasteiger partial charge on any atom is 0.332 e. The molecule has 0 aliphatic heterocycles. The Labute approximate surface area is 187 Å². The van der Waals surface area contributed by atoms with Crippen molar-refractivity contribution < 1.29 is 14.3 Å². The highest BCUT2D eigenvalue weighted by Gasteiger charge is 2.25. The molecule has 2 aromatic carbocycles. The first kappa shape index (κ1) is 21.4. The highest BCUT2D eigenvalue weighted by molar-refractivity contribution is 9.10. The fourth-order valence-corrected chi connectivity index (χ4v) is 4.65. The molecule has 1 saturated carbocycles. The zero-order valence-corrected chi connectivity index (χ0v) is 19.0. The Morgan fingerprint density at radius 3 is 2.39 bits per heavy atom. The summed E-state index contributed by atoms with van der Waals surface area (Å²) in [5, 5.41) is 0.325. The number of fused-ring (bicyclic) bond motifs is 1. The van der Waals surface area contributed by atoms with E-state index in [0.717, 1.165) is 30.2 Å². The largest absolute Gasteiger partial charge is 0.493 e. The Hall–Kier alpha value is -2.87. The van der Waals surface area contributed by atoms with Gasteiger partial charge in [0.25, 0.3) is 5.56 Å². The molecule has 1 fully saturated rings. The van der Waals surface area contributed by atoms with E-state index in [9.17, 15) is 14.4 Å². The van der Waals surface area contributed by atoms with Crippen molar-refractivity contribution >= 4 is 32.6 Å². The molecule has 162 valence electrons. The second-order valence-corrected chi connectivity index (χ2v) is 8.56. The maximum atomic E-state index is 13.5. The van der Waals surface area contributed by atoms with Crippen molar-refractivity contribution in [1.29, 1.82) is 0 Å². The summed E-state index contributed by atoms with van der Waals surface area (Å²) >= 11 is 3.37. The van der Waals surface area contributed by atoms with Crippen LogP contribution in [-0.4, -0.2) is 29.1 Å². The summed E-state index contributed by atoms with van der Waals surface area (Å²) in [6, 6.07) is 10.0. The molecule has 3 aromatic rings. The minimum absolute atomic E-state index is 0.162. The summed E-state index contributed by atoms with van der Waals surface area (Å²) < 4.78 is 14.2. The Balaban J connectivity index is 1.96. The van der Waals surface area contributed by atoms with Gasteiger partial charge < -0.3 is 9.47 Å². The minimum Gasteiger partial charge on any atom is -0.493 e. The van der Waals surface area contributed by atoms with Crippen LogP contribution in [0.5, 0.6) is 11.5 Å². The summed E-state index contributed by atoms with van der Waals surface area (Å²) in [5.41, 5.74) is -0.00210. The Morgan fingerprint density at radius 1 is 1.06 bits per heavy atom. The highest BCUT2D eigenvalue weighted by atomic mass is 79.9. The number of methoxy groups -OCH3 is 2. The van der Waals surface area contributed by atoms with Gasteiger partial charge in [-0.25, -0.2) is 4.79 Å². The van der Waals surface area contributed by atoms with Gasteiger partial charge >= 0.3 is 5.69 Å². The van der Waals surface area contributed by atoms with E-state index in [2.05, 4.69) is 15.9 Å². The van der Waals surface area contributed by atoms with Crippen LogP contribution in [-0.2, 0) is 6.54 Å². The topological polar surface area (TPSA) is 79.5 Å². The number of benzene rings is 2. The standard InChI is InChI=1S/C23H23BrN2O5/c1-30-20-11-17-18(12-21(20)31-2)25(13-19(27)14-6-5-7-15(24)10-14)23(29)26(22(17)28)16-8-3-4-9-16/h5-7,10-12,16H,3-4,8-9,13H2,1-2H3. The smallest absolute Gasteiger partial charge is 0.332 e. The van der Waals surface area contributed by atoms with Crippen LogP contribution < -0.4 is 20.7 Å². The number of halogens is 1. The normalized spacial score (nSPS) is 14.2. The van der Waals surface area contributed by atoms with Crippen molar-refractivity contribution in [3.63, 3.8) is 0 Å². The van der Waals surface area contributed by atoms with E-state index >= 15 is 0 Å². The molecule has 0 amide bonds. The number of carbonyl (C=O) groups is 1. The van der Waals surface area contributed by atoms with E-state index in [1.165, 1.54) is 23.4 Å². The number of aromatic nitrogens is 2. The SMILES string of the molecule is COc1cc2c(=O)n(C3CCCC3)c(=O)n(CC(=O)c3cccc(Br)c3)c2cc1OC. The Kier molecular flexibility index (Phi) is 6.00. The zero-order chi connectivity index (χ0) is 22.1. The summed E-state index contributed by atoms with van der Waals surface area (Å²) in [4.78, 5) is 39.8. The van der Waals surface area contributed by atoms with E-state index in [-0.39, 0.29) is 23.9 Å². The number of rotatable bonds is 6. The average molecular weight is 487 g/mol. The van der Waals surface area contributed by atoms with Crippen LogP contribution in [0.1, 0.15) is 42.1 Å². The number of ketones is 1. The first-order chi connectivity index (χ1) is 14.9. The lowest BCUT2D eigenvalue weighted by molar-refractivity contribution is 0.0971. The van der Waals surface area contributed by atoms with Gasteiger partial charge in [0.05, 0.1) is 31.7 Å². The fraction of sp³-hybridized carbons (Fsp3) is 0.348. The van der Waals surface area contributed by atoms with Crippen molar-refractivity contribution in [2.75, 3.05) is 14.2 Å². The highest BCUT2D eigenvalue weighted by Crippen LogP contribution is 2.32. The van der Waals surface area contributed by atoms with Crippen molar-refractivity contribution in [2.24, 2.45) is 0 Å². The molecule has 4 rings (SSSR count). The second-order valence-electron chi connectivity index (χ2n) is 7.64. The van der Waals surface area contributed by atoms with Crippen molar-refractivity contribution in [3.05, 3.63) is 67.3 Å². The van der Waals surface area contributed by atoms with E-state index < -0.39 is 5.69 Å². The zero-order valence-electron chi connectivity index (χ0n) is 17.4. The third-order valence-electron chi connectivity index (χ3n) is 5.82. The molecule has 0 unspecified atom stereocenters. The van der Waals surface area contributed by atoms with Gasteiger partial charge in [0.1, 0.15) is 0 Å². The van der Waals surface area contributed by atoms with Gasteiger partial charge in [0.15, 0.2) is 17.3 Å². The first-order valence-electron chi connectivity index (χ1n) is 10.1. The van der Waals surface area contributed by atoms with E-state index in [1.54, 1.807) is 30.3 Å². The fourth-order valence-electron chi connectivity index (χ4n) is 4.25. The first-order valence-corrected chi connectivity index (χ1v) is 10.9. The van der Waals surface area contributed by atoms with Gasteiger partial charge in [0, 0.05) is 22.1 Å². The number of hydrogen-bond acceptors (Lipinski definition) is 5. The molecule has 0 N–H and O–H groups in total. The molecule has 0 saturated heterocycles. The molecule has 1 aliphatic carbocycles. The molecule has 0 radical (unpaired) electrons. The number of hydrogen-bond donors (Lipinski definition) is 0. The second kappa shape index (κ2) is 8.70. The summed E-state index contributed by atoms with van der Waals surface area (Å²) in [6.45, 7) is -0.186. The Bertz CT molecular complexity index is 1270. The lowest BCUT2D eigenvalue weighted by Gasteiger charge is -2.19. The molecule has 0 atom stereocenters. The molecular formula is C23H23BrN2O5. The van der Waals surface area contributed by atoms with Crippen molar-refractivity contribution in [3.8, 4) is 11.5 Å². The predicted molar refractivity (Wildman–Crippen MR) is 122 cm³/mol. The summed E-state index contributed by atoms with van der Waals surface area (Å²) in [5.74, 6) is 0.556. The molecule has 0 spiro atoms. The maximum absolute atomic E-state index is 13.5. The third kappa shape index (κ3) is 3.92. The molecule has 1 heterocycles. The number of nitrogens with zero attached hydrogens (tertiary/aromatic N) is 2. The molecular weight excluding hydrogens is 464 g/mol. The number of ether oxygens (including phenoxy) is 2. The van der Waals surface area contributed by atoms with Gasteiger partial charge in [0.2, 0.25) is 0 Å². The van der Waals surface area contributed by atoms with E-state index in [4.69, 9.17) is 9.47 Å². The molecule has 1 aromatic heterocycles. The van der Waals surface area contributed by atoms with Gasteiger partial charge in [-0.1, -0.05) is 40.9 Å². The minimum atomic E-state index is -0.472. The van der Waals surface area contributed by atoms with Crippen LogP contribution in [0.4, 0.5) is 0 Å². The summed E-state index contributed by atoms with van der Waals surface area (Å²) in [6.07, 6.45) is 3.48. The van der Waals surface area contributed by atoms with Gasteiger partial charge in [-0.2, -0.15) is 0 Å². The third-order valence-corrected chi connectivity index (χ3v) is 6.31. The van der Waals surface area contributed by atoms with Gasteiger partial charge in [-0.05, 0) is 31.0 Å². The predicted octanol–water partition coefficient (Wildman–Crippen LogP) is 3.94. The van der Waals surface area contributed by atoms with E-state index in [1.807, 2.05) is 6.07 Å². The molecule has 1 aliphatic rings. The van der Waals surface area contributed by atoms with Crippen LogP contribution in [0.2, 0.25) is 0 Å². The average Bonchev–Trinajstić information content (AvgIpc) is 3.30. The molecule has 8 heteroatoms. The number of carbonyl (C=O) groups excluding carboxylic acids is 1. The molecule has 0 bridgehead atoms. The van der Waals surface area contributed by atoms with Crippen LogP contribution >= 0.6 is 15.9 Å². The van der Waals surface area contributed by atoms with Crippen LogP contribution in [0.25, 0.3) is 10.9 Å². The monoisotopic (exact) mass is 486 g/mol. The van der Waals surface area contributed by atoms with Crippen LogP contribution in [0, 0.1) is 0 Å². The van der Waals surface area contributed by atoms with Crippen LogP contribution in [0.15, 0.2) is 50.5 Å². The lowest BCUT2D eigenvalue weighted by Crippen LogP contribution is -2.42. The Morgan fingerprint density at radius 2 is 1.74 bits per heavy atom. The quantitative estimate of drug-likeness (QED) is 0.493. The van der Waals surface area contributed by atoms with Crippen molar-refractivity contribution in [2.45, 2.75) is 38.3 Å². The van der Waals surface area contributed by atoms with Gasteiger partial charge in [-0.3, -0.25) is 18.7 Å². The molecule has 7 nitrogen and oxygen atoms in total. The van der Waals surface area contributed by atoms with Gasteiger partial charge in [-0.15, -0.1) is 0 Å². The van der Waals surface area contributed by atoms with Crippen LogP contribution in [0.3, 0.4) is 0 Å². The summed E-state index contributed by atoms with van der Waals surface area (Å²) in [7, 11) is 2.98. The van der Waals surface area contributed by atoms with Crippen molar-refractivity contribution in [1.82, 2.24) is 9.13 Å². The lowest BCUT2D eigenvalue weighted by atomic mass is 10.1.